The smallest absolute Gasteiger partial charge is 0.189 e. The van der Waals surface area contributed by atoms with Crippen molar-refractivity contribution < 1.29 is 13.2 Å². The Labute approximate surface area is 137 Å². The summed E-state index contributed by atoms with van der Waals surface area (Å²) in [4.78, 5) is 12.3. The van der Waals surface area contributed by atoms with Crippen molar-refractivity contribution in [1.29, 1.82) is 0 Å². The first-order valence-electron chi connectivity index (χ1n) is 6.12. The number of halogens is 2. The molecule has 0 saturated heterocycles. The standard InChI is InChI=1S/C15H12BrClO3S/c1-10(15(18)11-6-8-12(16)9-7-11)21(19,20)14-5-3-2-4-13(14)17/h2-10H,1H3. The first-order chi connectivity index (χ1) is 9.84. The molecule has 0 heterocycles. The van der Waals surface area contributed by atoms with Crippen LogP contribution in [0.15, 0.2) is 57.9 Å². The van der Waals surface area contributed by atoms with Crippen LogP contribution in [0.5, 0.6) is 0 Å². The summed E-state index contributed by atoms with van der Waals surface area (Å²) in [5, 5.41) is -1.08. The van der Waals surface area contributed by atoms with Gasteiger partial charge in [0.05, 0.1) is 9.92 Å². The zero-order chi connectivity index (χ0) is 15.6. The lowest BCUT2D eigenvalue weighted by Gasteiger charge is -2.13. The Kier molecular flexibility index (Phi) is 4.86. The van der Waals surface area contributed by atoms with Gasteiger partial charge in [0, 0.05) is 10.0 Å². The number of benzene rings is 2. The van der Waals surface area contributed by atoms with Gasteiger partial charge in [-0.1, -0.05) is 51.8 Å². The highest BCUT2D eigenvalue weighted by Gasteiger charge is 2.31. The third-order valence-electron chi connectivity index (χ3n) is 3.11. The first kappa shape index (κ1) is 16.2. The summed E-state index contributed by atoms with van der Waals surface area (Å²) in [6.07, 6.45) is 0. The van der Waals surface area contributed by atoms with Crippen LogP contribution in [0.3, 0.4) is 0 Å². The zero-order valence-electron chi connectivity index (χ0n) is 11.1. The molecule has 2 aromatic carbocycles. The Bertz CT molecular complexity index is 770. The molecule has 1 unspecified atom stereocenters. The fraction of sp³-hybridized carbons (Fsp3) is 0.133. The highest BCUT2D eigenvalue weighted by molar-refractivity contribution is 9.10. The second-order valence-corrected chi connectivity index (χ2v) is 8.05. The van der Waals surface area contributed by atoms with E-state index in [-0.39, 0.29) is 9.92 Å². The predicted octanol–water partition coefficient (Wildman–Crippen LogP) is 4.15. The van der Waals surface area contributed by atoms with E-state index in [4.69, 9.17) is 11.6 Å². The average molecular weight is 388 g/mol. The molecule has 0 aromatic heterocycles. The van der Waals surface area contributed by atoms with E-state index in [2.05, 4.69) is 15.9 Å². The largest absolute Gasteiger partial charge is 0.293 e. The van der Waals surface area contributed by atoms with E-state index in [0.29, 0.717) is 5.56 Å². The van der Waals surface area contributed by atoms with E-state index in [1.165, 1.54) is 19.1 Å². The molecule has 110 valence electrons. The SMILES string of the molecule is CC(C(=O)c1ccc(Br)cc1)S(=O)(=O)c1ccccc1Cl. The molecule has 2 rings (SSSR count). The molecule has 0 aliphatic rings. The quantitative estimate of drug-likeness (QED) is 0.741. The van der Waals surface area contributed by atoms with Crippen molar-refractivity contribution in [2.75, 3.05) is 0 Å². The molecular formula is C15H12BrClO3S. The molecule has 0 N–H and O–H groups in total. The summed E-state index contributed by atoms with van der Waals surface area (Å²) in [5.74, 6) is -0.456. The minimum atomic E-state index is -3.82. The molecular weight excluding hydrogens is 376 g/mol. The Hall–Kier alpha value is -1.17. The maximum atomic E-state index is 12.5. The minimum Gasteiger partial charge on any atom is -0.293 e. The van der Waals surface area contributed by atoms with Crippen molar-refractivity contribution >= 4 is 43.2 Å². The van der Waals surface area contributed by atoms with Gasteiger partial charge < -0.3 is 0 Å². The van der Waals surface area contributed by atoms with Crippen LogP contribution >= 0.6 is 27.5 Å². The molecule has 0 amide bonds. The Morgan fingerprint density at radius 3 is 2.24 bits per heavy atom. The van der Waals surface area contributed by atoms with Gasteiger partial charge in [0.15, 0.2) is 15.6 Å². The number of sulfone groups is 1. The van der Waals surface area contributed by atoms with Crippen LogP contribution in [0.25, 0.3) is 0 Å². The minimum absolute atomic E-state index is 0.0235. The van der Waals surface area contributed by atoms with E-state index < -0.39 is 20.9 Å². The number of ketones is 1. The van der Waals surface area contributed by atoms with E-state index in [0.717, 1.165) is 4.47 Å². The van der Waals surface area contributed by atoms with Crippen LogP contribution in [-0.4, -0.2) is 19.5 Å². The van der Waals surface area contributed by atoms with Crippen LogP contribution in [0.4, 0.5) is 0 Å². The topological polar surface area (TPSA) is 51.2 Å². The maximum Gasteiger partial charge on any atom is 0.189 e. The van der Waals surface area contributed by atoms with Crippen molar-refractivity contribution in [3.05, 3.63) is 63.6 Å². The van der Waals surface area contributed by atoms with Gasteiger partial charge in [0.2, 0.25) is 0 Å². The molecule has 21 heavy (non-hydrogen) atoms. The fourth-order valence-corrected chi connectivity index (χ4v) is 3.99. The molecule has 0 fully saturated rings. The molecule has 3 nitrogen and oxygen atoms in total. The number of hydrogen-bond donors (Lipinski definition) is 0. The lowest BCUT2D eigenvalue weighted by Crippen LogP contribution is -2.27. The van der Waals surface area contributed by atoms with Crippen molar-refractivity contribution in [2.45, 2.75) is 17.1 Å². The summed E-state index contributed by atoms with van der Waals surface area (Å²) in [7, 11) is -3.82. The summed E-state index contributed by atoms with van der Waals surface area (Å²) in [6.45, 7) is 1.38. The van der Waals surface area contributed by atoms with Crippen molar-refractivity contribution in [1.82, 2.24) is 0 Å². The van der Waals surface area contributed by atoms with Gasteiger partial charge in [-0.3, -0.25) is 4.79 Å². The van der Waals surface area contributed by atoms with Gasteiger partial charge in [-0.05, 0) is 31.2 Å². The normalized spacial score (nSPS) is 12.9. The Morgan fingerprint density at radius 1 is 1.10 bits per heavy atom. The Balaban J connectivity index is 2.39. The summed E-state index contributed by atoms with van der Waals surface area (Å²) in [6, 6.07) is 12.7. The third-order valence-corrected chi connectivity index (χ3v) is 6.19. The zero-order valence-corrected chi connectivity index (χ0v) is 14.2. The van der Waals surface area contributed by atoms with E-state index in [1.807, 2.05) is 0 Å². The summed E-state index contributed by atoms with van der Waals surface area (Å²) in [5.41, 5.74) is 0.348. The second-order valence-electron chi connectivity index (χ2n) is 4.49. The molecule has 2 aromatic rings. The second kappa shape index (κ2) is 6.30. The summed E-state index contributed by atoms with van der Waals surface area (Å²) >= 11 is 9.20. The van der Waals surface area contributed by atoms with E-state index in [1.54, 1.807) is 36.4 Å². The fourth-order valence-electron chi connectivity index (χ4n) is 1.86. The number of Topliss-reactive ketones (excluding diaryl/α,β-unsaturated/α-hetero) is 1. The van der Waals surface area contributed by atoms with E-state index >= 15 is 0 Å². The van der Waals surface area contributed by atoms with Gasteiger partial charge in [0.1, 0.15) is 5.25 Å². The van der Waals surface area contributed by atoms with Gasteiger partial charge in [-0.15, -0.1) is 0 Å². The monoisotopic (exact) mass is 386 g/mol. The maximum absolute atomic E-state index is 12.5. The van der Waals surface area contributed by atoms with Crippen LogP contribution in [0.2, 0.25) is 5.02 Å². The first-order valence-corrected chi connectivity index (χ1v) is 8.84. The van der Waals surface area contributed by atoms with Gasteiger partial charge >= 0.3 is 0 Å². The molecule has 0 aliphatic carbocycles. The molecule has 6 heteroatoms. The van der Waals surface area contributed by atoms with Gasteiger partial charge in [-0.25, -0.2) is 8.42 Å². The lowest BCUT2D eigenvalue weighted by atomic mass is 10.1. The highest BCUT2D eigenvalue weighted by atomic mass is 79.9. The number of carbonyl (C=O) groups is 1. The molecule has 0 radical (unpaired) electrons. The highest BCUT2D eigenvalue weighted by Crippen LogP contribution is 2.26. The molecule has 1 atom stereocenters. The molecule has 0 bridgehead atoms. The van der Waals surface area contributed by atoms with Crippen LogP contribution < -0.4 is 0 Å². The van der Waals surface area contributed by atoms with Crippen molar-refractivity contribution in [3.8, 4) is 0 Å². The van der Waals surface area contributed by atoms with Crippen LogP contribution in [0.1, 0.15) is 17.3 Å². The third kappa shape index (κ3) is 3.36. The number of rotatable bonds is 4. The van der Waals surface area contributed by atoms with Crippen molar-refractivity contribution in [2.24, 2.45) is 0 Å². The van der Waals surface area contributed by atoms with Crippen molar-refractivity contribution in [3.63, 3.8) is 0 Å². The van der Waals surface area contributed by atoms with Crippen LogP contribution in [0, 0.1) is 0 Å². The van der Waals surface area contributed by atoms with E-state index in [9.17, 15) is 13.2 Å². The van der Waals surface area contributed by atoms with Gasteiger partial charge in [0.25, 0.3) is 0 Å². The molecule has 0 saturated carbocycles. The lowest BCUT2D eigenvalue weighted by molar-refractivity contribution is 0.0991. The number of carbonyl (C=O) groups excluding carboxylic acids is 1. The average Bonchev–Trinajstić information content (AvgIpc) is 2.46. The number of hydrogen-bond acceptors (Lipinski definition) is 3. The predicted molar refractivity (Wildman–Crippen MR) is 86.6 cm³/mol. The van der Waals surface area contributed by atoms with Crippen LogP contribution in [-0.2, 0) is 9.84 Å². The molecule has 0 spiro atoms. The molecule has 0 aliphatic heterocycles. The Morgan fingerprint density at radius 2 is 1.67 bits per heavy atom. The van der Waals surface area contributed by atoms with Gasteiger partial charge in [-0.2, -0.15) is 0 Å². The summed E-state index contributed by atoms with van der Waals surface area (Å²) < 4.78 is 25.9.